The molecule has 4 rings (SSSR count). The molecule has 2 aromatic rings. The van der Waals surface area contributed by atoms with Gasteiger partial charge in [0.2, 0.25) is 5.13 Å². The minimum Gasteiger partial charge on any atom is -0.341 e. The third-order valence-electron chi connectivity index (χ3n) is 4.39. The summed E-state index contributed by atoms with van der Waals surface area (Å²) in [6.07, 6.45) is 8.81. The third-order valence-corrected chi connectivity index (χ3v) is 5.62. The van der Waals surface area contributed by atoms with Crippen molar-refractivity contribution in [1.29, 1.82) is 0 Å². The monoisotopic (exact) mass is 353 g/mol. The molecule has 0 saturated carbocycles. The van der Waals surface area contributed by atoms with Gasteiger partial charge in [-0.1, -0.05) is 0 Å². The molecule has 2 aliphatic heterocycles. The van der Waals surface area contributed by atoms with Crippen LogP contribution in [0.1, 0.15) is 37.5 Å². The number of aryl methyl sites for hydroxylation is 1. The van der Waals surface area contributed by atoms with Crippen LogP contribution in [0, 0.1) is 6.92 Å². The van der Waals surface area contributed by atoms with Gasteiger partial charge in [0.25, 0.3) is 0 Å². The quantitative estimate of drug-likeness (QED) is 0.831. The number of rotatable bonds is 2. The van der Waals surface area contributed by atoms with E-state index in [0.717, 1.165) is 28.3 Å². The molecule has 0 amide bonds. The number of halogens is 1. The van der Waals surface area contributed by atoms with E-state index in [9.17, 15) is 0 Å². The van der Waals surface area contributed by atoms with Gasteiger partial charge >= 0.3 is 0 Å². The Morgan fingerprint density at radius 2 is 2.00 bits per heavy atom. The van der Waals surface area contributed by atoms with Gasteiger partial charge in [-0.3, -0.25) is 4.68 Å². The zero-order valence-electron chi connectivity index (χ0n) is 11.2. The van der Waals surface area contributed by atoms with Crippen molar-refractivity contribution in [3.63, 3.8) is 0 Å². The lowest BCUT2D eigenvalue weighted by Crippen LogP contribution is -2.43. The number of anilines is 1. The van der Waals surface area contributed by atoms with Crippen molar-refractivity contribution >= 4 is 32.6 Å². The lowest BCUT2D eigenvalue weighted by atomic mass is 9.98. The van der Waals surface area contributed by atoms with Gasteiger partial charge in [-0.2, -0.15) is 9.47 Å². The Kier molecular flexibility index (Phi) is 3.07. The topological polar surface area (TPSA) is 46.8 Å². The molecule has 2 aliphatic rings. The molecule has 5 nitrogen and oxygen atoms in total. The number of hydrogen-bond acceptors (Lipinski definition) is 5. The molecule has 2 atom stereocenters. The van der Waals surface area contributed by atoms with Gasteiger partial charge in [-0.05, 0) is 48.5 Å². The molecular formula is C13H16BrN5S. The van der Waals surface area contributed by atoms with Crippen molar-refractivity contribution in [3.05, 3.63) is 22.7 Å². The highest BCUT2D eigenvalue weighted by molar-refractivity contribution is 9.10. The van der Waals surface area contributed by atoms with Crippen LogP contribution >= 0.6 is 27.5 Å². The fourth-order valence-electron chi connectivity index (χ4n) is 3.58. The Morgan fingerprint density at radius 3 is 2.55 bits per heavy atom. The zero-order valence-corrected chi connectivity index (χ0v) is 13.6. The molecule has 106 valence electrons. The lowest BCUT2D eigenvalue weighted by molar-refractivity contribution is 0.314. The first-order valence-electron chi connectivity index (χ1n) is 6.99. The van der Waals surface area contributed by atoms with Crippen LogP contribution in [-0.2, 0) is 0 Å². The second-order valence-electron chi connectivity index (χ2n) is 5.68. The highest BCUT2D eigenvalue weighted by Crippen LogP contribution is 2.43. The molecule has 4 heterocycles. The van der Waals surface area contributed by atoms with Crippen LogP contribution in [0.2, 0.25) is 0 Å². The predicted octanol–water partition coefficient (Wildman–Crippen LogP) is 3.18. The van der Waals surface area contributed by atoms with Crippen LogP contribution < -0.4 is 4.90 Å². The van der Waals surface area contributed by atoms with Crippen LogP contribution in [0.3, 0.4) is 0 Å². The van der Waals surface area contributed by atoms with Gasteiger partial charge in [-0.25, -0.2) is 4.98 Å². The van der Waals surface area contributed by atoms with E-state index in [0.29, 0.717) is 18.1 Å². The minimum atomic E-state index is 0.518. The first kappa shape index (κ1) is 12.8. The maximum Gasteiger partial charge on any atom is 0.205 e. The van der Waals surface area contributed by atoms with Crippen LogP contribution in [-0.4, -0.2) is 31.2 Å². The first-order chi connectivity index (χ1) is 9.70. The van der Waals surface area contributed by atoms with Crippen LogP contribution in [0.5, 0.6) is 0 Å². The summed E-state index contributed by atoms with van der Waals surface area (Å²) in [5, 5.41) is 5.57. The second kappa shape index (κ2) is 4.80. The standard InChI is InChI=1S/C13H16BrN5S/c1-8-16-13(20-17-8)19-10-2-3-11(19)5-12(4-10)18-7-9(14)6-15-18/h6-7,10-12H,2-5H2,1H3. The summed E-state index contributed by atoms with van der Waals surface area (Å²) < 4.78 is 7.52. The highest BCUT2D eigenvalue weighted by Gasteiger charge is 2.42. The molecule has 2 fully saturated rings. The molecule has 0 N–H and O–H groups in total. The number of aromatic nitrogens is 4. The summed E-state index contributed by atoms with van der Waals surface area (Å²) in [5.74, 6) is 0.891. The van der Waals surface area contributed by atoms with Crippen molar-refractivity contribution in [1.82, 2.24) is 19.1 Å². The van der Waals surface area contributed by atoms with Crippen molar-refractivity contribution in [3.8, 4) is 0 Å². The summed E-state index contributed by atoms with van der Waals surface area (Å²) in [5.41, 5.74) is 0. The van der Waals surface area contributed by atoms with Crippen LogP contribution in [0.4, 0.5) is 5.13 Å². The van der Waals surface area contributed by atoms with Gasteiger partial charge < -0.3 is 4.90 Å². The molecule has 0 radical (unpaired) electrons. The van der Waals surface area contributed by atoms with E-state index in [4.69, 9.17) is 0 Å². The van der Waals surface area contributed by atoms with E-state index < -0.39 is 0 Å². The van der Waals surface area contributed by atoms with Crippen molar-refractivity contribution in [2.75, 3.05) is 4.90 Å². The Morgan fingerprint density at radius 1 is 1.25 bits per heavy atom. The second-order valence-corrected chi connectivity index (χ2v) is 7.33. The zero-order chi connectivity index (χ0) is 13.7. The Labute approximate surface area is 130 Å². The molecule has 2 saturated heterocycles. The largest absolute Gasteiger partial charge is 0.341 e. The van der Waals surface area contributed by atoms with Crippen LogP contribution in [0.25, 0.3) is 0 Å². The fraction of sp³-hybridized carbons (Fsp3) is 0.615. The Hall–Kier alpha value is -0.950. The summed E-state index contributed by atoms with van der Waals surface area (Å²) >= 11 is 5.03. The van der Waals surface area contributed by atoms with E-state index in [-0.39, 0.29) is 0 Å². The molecule has 0 spiro atoms. The molecule has 2 bridgehead atoms. The SMILES string of the molecule is Cc1nsc(N2C3CCC2CC(n2cc(Br)cn2)C3)n1. The van der Waals surface area contributed by atoms with Gasteiger partial charge in [0.1, 0.15) is 5.82 Å². The van der Waals surface area contributed by atoms with Crippen molar-refractivity contribution in [2.45, 2.75) is 50.7 Å². The van der Waals surface area contributed by atoms with Gasteiger partial charge in [0.15, 0.2) is 0 Å². The number of piperidine rings is 1. The lowest BCUT2D eigenvalue weighted by Gasteiger charge is -2.38. The minimum absolute atomic E-state index is 0.518. The molecule has 20 heavy (non-hydrogen) atoms. The Bertz CT molecular complexity index is 610. The van der Waals surface area contributed by atoms with Gasteiger partial charge in [-0.15, -0.1) is 0 Å². The molecule has 2 aromatic heterocycles. The molecular weight excluding hydrogens is 338 g/mol. The normalized spacial score (nSPS) is 29.1. The van der Waals surface area contributed by atoms with E-state index in [1.165, 1.54) is 24.4 Å². The molecule has 0 aromatic carbocycles. The van der Waals surface area contributed by atoms with E-state index in [1.54, 1.807) is 0 Å². The predicted molar refractivity (Wildman–Crippen MR) is 82.1 cm³/mol. The van der Waals surface area contributed by atoms with Gasteiger partial charge in [0.05, 0.1) is 16.7 Å². The number of nitrogens with zero attached hydrogens (tertiary/aromatic N) is 5. The number of hydrogen-bond donors (Lipinski definition) is 0. The third kappa shape index (κ3) is 2.07. The van der Waals surface area contributed by atoms with Gasteiger partial charge in [0, 0.05) is 29.8 Å². The molecule has 2 unspecified atom stereocenters. The first-order valence-corrected chi connectivity index (χ1v) is 8.55. The Balaban J connectivity index is 1.58. The summed E-state index contributed by atoms with van der Waals surface area (Å²) in [6.45, 7) is 1.97. The molecule has 7 heteroatoms. The maximum absolute atomic E-state index is 4.58. The summed E-state index contributed by atoms with van der Waals surface area (Å²) in [4.78, 5) is 7.09. The van der Waals surface area contributed by atoms with Crippen LogP contribution in [0.15, 0.2) is 16.9 Å². The van der Waals surface area contributed by atoms with E-state index >= 15 is 0 Å². The van der Waals surface area contributed by atoms with Crippen molar-refractivity contribution < 1.29 is 0 Å². The van der Waals surface area contributed by atoms with Crippen molar-refractivity contribution in [2.24, 2.45) is 0 Å². The maximum atomic E-state index is 4.58. The summed E-state index contributed by atoms with van der Waals surface area (Å²) in [7, 11) is 0. The molecule has 0 aliphatic carbocycles. The smallest absolute Gasteiger partial charge is 0.205 e. The van der Waals surface area contributed by atoms with E-state index in [1.807, 2.05) is 13.1 Å². The summed E-state index contributed by atoms with van der Waals surface area (Å²) in [6, 6.07) is 1.70. The average molecular weight is 354 g/mol. The van der Waals surface area contributed by atoms with E-state index in [2.05, 4.69) is 46.2 Å². The fourth-order valence-corrected chi connectivity index (χ4v) is 4.70. The highest BCUT2D eigenvalue weighted by atomic mass is 79.9. The average Bonchev–Trinajstić information content (AvgIpc) is 3.09. The number of fused-ring (bicyclic) bond motifs is 2.